The molecule has 1 fully saturated rings. The summed E-state index contributed by atoms with van der Waals surface area (Å²) in [4.78, 5) is 12.9. The van der Waals surface area contributed by atoms with Gasteiger partial charge >= 0.3 is 0 Å². The van der Waals surface area contributed by atoms with Gasteiger partial charge in [0.2, 0.25) is 5.91 Å². The Hall–Kier alpha value is -0.650. The van der Waals surface area contributed by atoms with Gasteiger partial charge in [-0.2, -0.15) is 0 Å². The van der Waals surface area contributed by atoms with Gasteiger partial charge < -0.3 is 10.5 Å². The summed E-state index contributed by atoms with van der Waals surface area (Å²) < 4.78 is 5.14. The molecule has 13 heavy (non-hydrogen) atoms. The Bertz CT molecular complexity index is 175. The first-order valence-corrected chi connectivity index (χ1v) is 4.19. The smallest absolute Gasteiger partial charge is 0.237 e. The fourth-order valence-electron chi connectivity index (χ4n) is 1.31. The van der Waals surface area contributed by atoms with E-state index in [0.29, 0.717) is 26.3 Å². The van der Waals surface area contributed by atoms with Crippen molar-refractivity contribution in [2.75, 3.05) is 26.3 Å². The minimum Gasteiger partial charge on any atom is -0.378 e. The molecular weight excluding hydrogens is 170 g/mol. The molecule has 1 saturated heterocycles. The van der Waals surface area contributed by atoms with Crippen molar-refractivity contribution in [1.29, 1.82) is 0 Å². The van der Waals surface area contributed by atoms with E-state index < -0.39 is 0 Å². The minimum atomic E-state index is -0.363. The summed E-state index contributed by atoms with van der Waals surface area (Å²) in [6.45, 7) is 3.47. The Morgan fingerprint density at radius 3 is 3.15 bits per heavy atom. The van der Waals surface area contributed by atoms with Crippen LogP contribution in [0.15, 0.2) is 0 Å². The fourth-order valence-corrected chi connectivity index (χ4v) is 1.31. The molecule has 1 rings (SSSR count). The number of nitrogens with two attached hydrogens (primary N) is 1. The van der Waals surface area contributed by atoms with Gasteiger partial charge in [0.1, 0.15) is 6.04 Å². The molecule has 73 valence electrons. The Morgan fingerprint density at radius 1 is 1.77 bits per heavy atom. The van der Waals surface area contributed by atoms with E-state index >= 15 is 0 Å². The Labute approximate surface area is 78.0 Å². The van der Waals surface area contributed by atoms with Gasteiger partial charge in [-0.15, -0.1) is 0 Å². The highest BCUT2D eigenvalue weighted by Crippen LogP contribution is 2.06. The summed E-state index contributed by atoms with van der Waals surface area (Å²) in [5.74, 6) is -0.363. The lowest BCUT2D eigenvalue weighted by atomic mass is 10.2. The lowest BCUT2D eigenvalue weighted by molar-refractivity contribution is -0.128. The number of hydrogen-bond donors (Lipinski definition) is 1. The van der Waals surface area contributed by atoms with Crippen molar-refractivity contribution in [2.45, 2.75) is 6.04 Å². The van der Waals surface area contributed by atoms with Crippen LogP contribution in [0.2, 0.25) is 0 Å². The van der Waals surface area contributed by atoms with Crippen LogP contribution in [0.5, 0.6) is 0 Å². The number of ether oxygens (including phenoxy) is 1. The van der Waals surface area contributed by atoms with Crippen molar-refractivity contribution in [2.24, 2.45) is 5.73 Å². The van der Waals surface area contributed by atoms with Crippen LogP contribution in [0.4, 0.5) is 0 Å². The third kappa shape index (κ3) is 2.95. The van der Waals surface area contributed by atoms with Gasteiger partial charge in [0.25, 0.3) is 0 Å². The highest BCUT2D eigenvalue weighted by Gasteiger charge is 2.26. The largest absolute Gasteiger partial charge is 0.378 e. The van der Waals surface area contributed by atoms with E-state index in [1.807, 2.05) is 4.90 Å². The third-order valence-corrected chi connectivity index (χ3v) is 2.03. The molecule has 1 amide bonds. The highest BCUT2D eigenvalue weighted by molar-refractivity contribution is 5.80. The summed E-state index contributed by atoms with van der Waals surface area (Å²) >= 11 is 0. The Morgan fingerprint density at radius 2 is 2.54 bits per heavy atom. The summed E-state index contributed by atoms with van der Waals surface area (Å²) in [5, 5.41) is 0. The Balaban J connectivity index is 2.41. The lowest BCUT2D eigenvalue weighted by Gasteiger charge is -2.33. The molecule has 1 heterocycles. The SMILES string of the molecule is [NH][CH][CH]CN1CCOCC1C(N)=O. The van der Waals surface area contributed by atoms with E-state index in [2.05, 4.69) is 0 Å². The maximum Gasteiger partial charge on any atom is 0.237 e. The second-order valence-electron chi connectivity index (χ2n) is 2.89. The number of carbonyl (C=O) groups is 1. The maximum absolute atomic E-state index is 11.0. The fraction of sp³-hybridized carbons (Fsp3) is 0.625. The first-order chi connectivity index (χ1) is 6.25. The molecule has 1 aliphatic rings. The summed E-state index contributed by atoms with van der Waals surface area (Å²) in [6.07, 6.45) is 1.68. The van der Waals surface area contributed by atoms with Crippen molar-refractivity contribution in [3.05, 3.63) is 13.0 Å². The number of carbonyl (C=O) groups excluding carboxylic acids is 1. The van der Waals surface area contributed by atoms with E-state index in [9.17, 15) is 4.79 Å². The van der Waals surface area contributed by atoms with Gasteiger partial charge in [-0.25, -0.2) is 0 Å². The average molecular weight is 184 g/mol. The van der Waals surface area contributed by atoms with Crippen LogP contribution in [-0.2, 0) is 9.53 Å². The molecule has 0 bridgehead atoms. The molecule has 0 spiro atoms. The maximum atomic E-state index is 11.0. The van der Waals surface area contributed by atoms with E-state index in [0.717, 1.165) is 0 Å². The van der Waals surface area contributed by atoms with Crippen LogP contribution in [0.3, 0.4) is 0 Å². The van der Waals surface area contributed by atoms with Crippen LogP contribution < -0.4 is 11.5 Å². The Kier molecular flexibility index (Phi) is 4.14. The zero-order valence-electron chi connectivity index (χ0n) is 7.40. The molecule has 0 aliphatic carbocycles. The third-order valence-electron chi connectivity index (χ3n) is 2.03. The van der Waals surface area contributed by atoms with E-state index in [1.54, 1.807) is 6.42 Å². The topological polar surface area (TPSA) is 79.4 Å². The molecule has 0 aromatic carbocycles. The minimum absolute atomic E-state index is 0.343. The molecule has 1 aliphatic heterocycles. The first kappa shape index (κ1) is 10.4. The van der Waals surface area contributed by atoms with Crippen LogP contribution >= 0.6 is 0 Å². The van der Waals surface area contributed by atoms with E-state index in [4.69, 9.17) is 16.2 Å². The highest BCUT2D eigenvalue weighted by atomic mass is 16.5. The summed E-state index contributed by atoms with van der Waals surface area (Å²) in [6, 6.07) is -0.343. The van der Waals surface area contributed by atoms with E-state index in [-0.39, 0.29) is 11.9 Å². The molecule has 1 unspecified atom stereocenters. The zero-order valence-corrected chi connectivity index (χ0v) is 7.40. The van der Waals surface area contributed by atoms with Crippen molar-refractivity contribution < 1.29 is 9.53 Å². The van der Waals surface area contributed by atoms with Crippen molar-refractivity contribution in [3.8, 4) is 0 Å². The number of rotatable bonds is 4. The number of amides is 1. The van der Waals surface area contributed by atoms with Crippen molar-refractivity contribution >= 4 is 5.91 Å². The average Bonchev–Trinajstić information content (AvgIpc) is 2.15. The molecule has 5 heteroatoms. The van der Waals surface area contributed by atoms with Gasteiger partial charge in [0.15, 0.2) is 0 Å². The second-order valence-corrected chi connectivity index (χ2v) is 2.89. The summed E-state index contributed by atoms with van der Waals surface area (Å²) in [5.41, 5.74) is 12.0. The standard InChI is InChI=1S/C8H14N3O2/c9-2-1-3-11-4-5-13-6-7(11)8(10)12/h1-2,7,9H,3-6H2,(H2,10,12). The van der Waals surface area contributed by atoms with Crippen LogP contribution in [0.1, 0.15) is 0 Å². The van der Waals surface area contributed by atoms with Gasteiger partial charge in [-0.3, -0.25) is 15.4 Å². The molecule has 1 atom stereocenters. The predicted octanol–water partition coefficient (Wildman–Crippen LogP) is -1.18. The van der Waals surface area contributed by atoms with Gasteiger partial charge in [-0.05, 0) is 6.42 Å². The van der Waals surface area contributed by atoms with E-state index in [1.165, 1.54) is 6.54 Å². The molecular formula is C8H14N3O2. The molecule has 0 aromatic rings. The van der Waals surface area contributed by atoms with Gasteiger partial charge in [0, 0.05) is 19.6 Å². The normalized spacial score (nSPS) is 24.5. The monoisotopic (exact) mass is 184 g/mol. The van der Waals surface area contributed by atoms with Crippen LogP contribution in [0.25, 0.3) is 0 Å². The molecule has 5 nitrogen and oxygen atoms in total. The quantitative estimate of drug-likeness (QED) is 0.597. The van der Waals surface area contributed by atoms with Gasteiger partial charge in [0.05, 0.1) is 13.2 Å². The number of nitrogens with one attached hydrogen (secondary N) is 1. The molecule has 0 saturated carbocycles. The second kappa shape index (κ2) is 5.16. The number of morpholine rings is 1. The lowest BCUT2D eigenvalue weighted by Crippen LogP contribution is -2.52. The first-order valence-electron chi connectivity index (χ1n) is 4.19. The van der Waals surface area contributed by atoms with Gasteiger partial charge in [-0.1, -0.05) is 0 Å². The van der Waals surface area contributed by atoms with Crippen molar-refractivity contribution in [3.63, 3.8) is 0 Å². The number of hydrogen-bond acceptors (Lipinski definition) is 3. The van der Waals surface area contributed by atoms with Crippen LogP contribution in [0, 0.1) is 13.0 Å². The van der Waals surface area contributed by atoms with Crippen molar-refractivity contribution in [1.82, 2.24) is 10.6 Å². The molecule has 3 radical (unpaired) electrons. The predicted molar refractivity (Wildman–Crippen MR) is 47.1 cm³/mol. The zero-order chi connectivity index (χ0) is 9.68. The molecule has 0 aromatic heterocycles. The summed E-state index contributed by atoms with van der Waals surface area (Å²) in [7, 11) is 0. The van der Waals surface area contributed by atoms with Crippen LogP contribution in [-0.4, -0.2) is 43.2 Å². The number of primary amides is 1. The molecule has 3 N–H and O–H groups in total. The number of nitrogens with zero attached hydrogens (tertiary/aromatic N) is 1.